The maximum absolute atomic E-state index is 14.4. The molecule has 6 fully saturated rings. The van der Waals surface area contributed by atoms with Crippen LogP contribution in [0.2, 0.25) is 0 Å². The average Bonchev–Trinajstić information content (AvgIpc) is 3.18. The Balaban J connectivity index is 1.43. The Bertz CT molecular complexity index is 1180. The molecule has 41 heavy (non-hydrogen) atoms. The molecule has 0 unspecified atom stereocenters. The van der Waals surface area contributed by atoms with E-state index in [4.69, 9.17) is 28.4 Å². The highest BCUT2D eigenvalue weighted by molar-refractivity contribution is 5.96. The molecule has 0 aromatic rings. The lowest BCUT2D eigenvalue weighted by Gasteiger charge is -2.73. The van der Waals surface area contributed by atoms with E-state index < -0.39 is 28.5 Å². The highest BCUT2D eigenvalue weighted by Gasteiger charge is 2.80. The van der Waals surface area contributed by atoms with Gasteiger partial charge in [-0.2, -0.15) is 0 Å². The fourth-order valence-corrected chi connectivity index (χ4v) is 9.83. The summed E-state index contributed by atoms with van der Waals surface area (Å²) in [6.07, 6.45) is 8.55. The first kappa shape index (κ1) is 28.0. The summed E-state index contributed by atoms with van der Waals surface area (Å²) < 4.78 is 38.3. The smallest absolute Gasteiger partial charge is 0.250 e. The Morgan fingerprint density at radius 2 is 1.83 bits per heavy atom. The van der Waals surface area contributed by atoms with E-state index in [2.05, 4.69) is 19.1 Å². The molecule has 0 N–H and O–H groups in total. The van der Waals surface area contributed by atoms with Crippen LogP contribution in [0.5, 0.6) is 0 Å². The van der Waals surface area contributed by atoms with Crippen LogP contribution in [0.4, 0.5) is 0 Å². The molecule has 4 bridgehead atoms. The van der Waals surface area contributed by atoms with Crippen LogP contribution in [-0.2, 0) is 38.0 Å². The van der Waals surface area contributed by atoms with E-state index in [1.54, 1.807) is 21.1 Å². The van der Waals surface area contributed by atoms with Crippen LogP contribution in [0.25, 0.3) is 0 Å². The molecule has 0 radical (unpaired) electrons. The van der Waals surface area contributed by atoms with E-state index in [-0.39, 0.29) is 24.0 Å². The van der Waals surface area contributed by atoms with Gasteiger partial charge in [0.1, 0.15) is 18.0 Å². The molecular formula is C31H44N2O8. The standard InChI is InChI=1S/C31H44N2O8/c1-21(34)33-13-16-40-30-8-7-23(26(35)32-11-14-38-15-12-32)28(30,19-33)18-25(39-20-36-3)31-24(30)6-5-22-17-29(37-4,41-31)10-9-27(22,31)2/h6-7,22,25H,5,8-20H2,1-4H3/t22-,25-,27+,28+,29+,30+,31+/m1/s1. The molecule has 10 nitrogen and oxygen atoms in total. The van der Waals surface area contributed by atoms with Gasteiger partial charge in [-0.05, 0) is 30.8 Å². The van der Waals surface area contributed by atoms with Crippen LogP contribution in [0.3, 0.4) is 0 Å². The van der Waals surface area contributed by atoms with E-state index in [1.165, 1.54) is 0 Å². The van der Waals surface area contributed by atoms with E-state index >= 15 is 0 Å². The third kappa shape index (κ3) is 3.52. The Hall–Kier alpha value is -1.82. The normalized spacial score (nSPS) is 44.8. The van der Waals surface area contributed by atoms with Gasteiger partial charge in [-0.25, -0.2) is 0 Å². The van der Waals surface area contributed by atoms with Gasteiger partial charge >= 0.3 is 0 Å². The second-order valence-corrected chi connectivity index (χ2v) is 13.3. The lowest BCUT2D eigenvalue weighted by Crippen LogP contribution is -2.80. The summed E-state index contributed by atoms with van der Waals surface area (Å²) >= 11 is 0. The minimum absolute atomic E-state index is 0.00515. The minimum Gasteiger partial charge on any atom is -0.378 e. The van der Waals surface area contributed by atoms with Crippen molar-refractivity contribution in [3.8, 4) is 0 Å². The van der Waals surface area contributed by atoms with Crippen molar-refractivity contribution in [2.24, 2.45) is 16.7 Å². The average molecular weight is 573 g/mol. The zero-order valence-electron chi connectivity index (χ0n) is 24.9. The predicted octanol–water partition coefficient (Wildman–Crippen LogP) is 2.42. The molecular weight excluding hydrogens is 528 g/mol. The molecule has 4 aliphatic heterocycles. The number of hydrogen-bond donors (Lipinski definition) is 0. The lowest BCUT2D eigenvalue weighted by molar-refractivity contribution is -0.412. The molecule has 226 valence electrons. The van der Waals surface area contributed by atoms with E-state index in [1.807, 2.05) is 9.80 Å². The highest BCUT2D eigenvalue weighted by Crippen LogP contribution is 2.75. The monoisotopic (exact) mass is 572 g/mol. The van der Waals surface area contributed by atoms with Crippen LogP contribution < -0.4 is 0 Å². The fraction of sp³-hybridized carbons (Fsp3) is 0.806. The fourth-order valence-electron chi connectivity index (χ4n) is 9.83. The molecule has 0 aromatic heterocycles. The number of morpholine rings is 1. The Morgan fingerprint density at radius 3 is 2.56 bits per heavy atom. The Kier molecular flexibility index (Phi) is 6.55. The third-order valence-corrected chi connectivity index (χ3v) is 11.9. The summed E-state index contributed by atoms with van der Waals surface area (Å²) in [7, 11) is 3.38. The number of allylic oxidation sites excluding steroid dienone is 1. The van der Waals surface area contributed by atoms with Crippen molar-refractivity contribution in [2.75, 3.05) is 67.0 Å². The highest BCUT2D eigenvalue weighted by atomic mass is 16.7. The topological polar surface area (TPSA) is 96.0 Å². The van der Waals surface area contributed by atoms with E-state index in [0.29, 0.717) is 64.8 Å². The summed E-state index contributed by atoms with van der Waals surface area (Å²) in [5.74, 6) is -0.336. The SMILES string of the molecule is COCO[C@@H]1C[C@@]23CN(C(C)=O)CCO[C@@]2(CC=C3C(=O)N2CCOCC2)C2=CC[C@@H]3C[C@]4(OC)CC[C@]3(C)[C@]21O4. The van der Waals surface area contributed by atoms with Gasteiger partial charge in [0.2, 0.25) is 11.8 Å². The predicted molar refractivity (Wildman–Crippen MR) is 147 cm³/mol. The van der Waals surface area contributed by atoms with E-state index in [9.17, 15) is 9.59 Å². The number of amides is 2. The molecule has 2 amide bonds. The van der Waals surface area contributed by atoms with Crippen molar-refractivity contribution in [1.82, 2.24) is 9.80 Å². The molecule has 8 aliphatic rings. The van der Waals surface area contributed by atoms with Gasteiger partial charge in [0, 0.05) is 77.6 Å². The Morgan fingerprint density at radius 1 is 1.05 bits per heavy atom. The molecule has 4 aliphatic carbocycles. The number of carbonyl (C=O) groups excluding carboxylic acids is 2. The third-order valence-electron chi connectivity index (χ3n) is 11.9. The minimum atomic E-state index is -0.832. The maximum atomic E-state index is 14.4. The summed E-state index contributed by atoms with van der Waals surface area (Å²) in [5, 5.41) is 0. The summed E-state index contributed by atoms with van der Waals surface area (Å²) in [5.41, 5.74) is -0.844. The van der Waals surface area contributed by atoms with Gasteiger partial charge in [-0.1, -0.05) is 19.1 Å². The van der Waals surface area contributed by atoms with Crippen molar-refractivity contribution in [3.05, 3.63) is 23.3 Å². The molecule has 8 rings (SSSR count). The van der Waals surface area contributed by atoms with Gasteiger partial charge in [0.05, 0.1) is 31.3 Å². The summed E-state index contributed by atoms with van der Waals surface area (Å²) in [4.78, 5) is 31.1. The summed E-state index contributed by atoms with van der Waals surface area (Å²) in [6, 6.07) is 0. The first-order chi connectivity index (χ1) is 19.7. The van der Waals surface area contributed by atoms with Crippen molar-refractivity contribution in [1.29, 1.82) is 0 Å². The Labute approximate surface area is 242 Å². The van der Waals surface area contributed by atoms with Crippen molar-refractivity contribution in [2.45, 2.75) is 75.5 Å². The van der Waals surface area contributed by atoms with Crippen molar-refractivity contribution >= 4 is 11.8 Å². The lowest BCUT2D eigenvalue weighted by atomic mass is 9.41. The zero-order valence-corrected chi connectivity index (χ0v) is 24.9. The van der Waals surface area contributed by atoms with Gasteiger partial charge < -0.3 is 38.2 Å². The van der Waals surface area contributed by atoms with Gasteiger partial charge in [-0.3, -0.25) is 9.59 Å². The first-order valence-corrected chi connectivity index (χ1v) is 15.2. The zero-order chi connectivity index (χ0) is 28.7. The number of carbonyl (C=O) groups is 2. The number of hydrogen-bond acceptors (Lipinski definition) is 8. The van der Waals surface area contributed by atoms with Gasteiger partial charge in [-0.15, -0.1) is 0 Å². The molecule has 1 spiro atoms. The van der Waals surface area contributed by atoms with Gasteiger partial charge in [0.25, 0.3) is 0 Å². The van der Waals surface area contributed by atoms with Crippen molar-refractivity contribution in [3.63, 3.8) is 0 Å². The molecule has 2 saturated carbocycles. The molecule has 7 atom stereocenters. The summed E-state index contributed by atoms with van der Waals surface area (Å²) in [6.45, 7) is 7.45. The van der Waals surface area contributed by atoms with Crippen LogP contribution in [0, 0.1) is 16.7 Å². The number of rotatable bonds is 5. The molecule has 4 heterocycles. The maximum Gasteiger partial charge on any atom is 0.250 e. The van der Waals surface area contributed by atoms with Crippen molar-refractivity contribution < 1.29 is 38.0 Å². The quantitative estimate of drug-likeness (QED) is 0.366. The van der Waals surface area contributed by atoms with Crippen LogP contribution >= 0.6 is 0 Å². The van der Waals surface area contributed by atoms with Crippen LogP contribution in [0.1, 0.15) is 52.4 Å². The largest absolute Gasteiger partial charge is 0.378 e. The van der Waals surface area contributed by atoms with Gasteiger partial charge in [0.15, 0.2) is 5.79 Å². The number of fused-ring (bicyclic) bond motifs is 1. The molecule has 10 heteroatoms. The number of ether oxygens (including phenoxy) is 6. The van der Waals surface area contributed by atoms with Crippen LogP contribution in [-0.4, -0.2) is 112 Å². The van der Waals surface area contributed by atoms with Crippen LogP contribution in [0.15, 0.2) is 23.3 Å². The second-order valence-electron chi connectivity index (χ2n) is 13.3. The van der Waals surface area contributed by atoms with E-state index in [0.717, 1.165) is 36.8 Å². The second kappa shape index (κ2) is 9.59. The molecule has 4 saturated heterocycles. The molecule has 0 aromatic carbocycles. The number of methoxy groups -OCH3 is 2. The first-order valence-electron chi connectivity index (χ1n) is 15.2. The number of nitrogens with zero attached hydrogens (tertiary/aromatic N) is 2.